The van der Waals surface area contributed by atoms with Crippen molar-refractivity contribution in [2.45, 2.75) is 13.1 Å². The molecule has 2 aromatic carbocycles. The monoisotopic (exact) mass is 386 g/mol. The van der Waals surface area contributed by atoms with Crippen molar-refractivity contribution in [1.29, 1.82) is 0 Å². The molecule has 0 aliphatic heterocycles. The number of rotatable bonds is 7. The number of halogens is 1. The molecule has 0 radical (unpaired) electrons. The van der Waals surface area contributed by atoms with Gasteiger partial charge in [0, 0.05) is 30.1 Å². The summed E-state index contributed by atoms with van der Waals surface area (Å²) in [5.41, 5.74) is 2.94. The molecule has 0 bridgehead atoms. The molecule has 0 aliphatic rings. The van der Waals surface area contributed by atoms with E-state index in [1.165, 1.54) is 0 Å². The number of ether oxygens (including phenoxy) is 3. The number of hydrogen-bond acceptors (Lipinski definition) is 5. The van der Waals surface area contributed by atoms with Gasteiger partial charge in [0.25, 0.3) is 0 Å². The lowest BCUT2D eigenvalue weighted by Crippen LogP contribution is -2.17. The Hall–Kier alpha value is -2.50. The molecule has 0 aliphatic carbocycles. The van der Waals surface area contributed by atoms with Crippen LogP contribution in [0.1, 0.15) is 11.1 Å². The van der Waals surface area contributed by atoms with Gasteiger partial charge in [-0.15, -0.1) is 0 Å². The van der Waals surface area contributed by atoms with E-state index >= 15 is 0 Å². The molecule has 6 heteroatoms. The summed E-state index contributed by atoms with van der Waals surface area (Å²) in [5.74, 6) is 2.22. The molecule has 1 heterocycles. The number of aromatic nitrogens is 1. The Kier molecular flexibility index (Phi) is 6.04. The fourth-order valence-electron chi connectivity index (χ4n) is 3.04. The van der Waals surface area contributed by atoms with Gasteiger partial charge in [0.1, 0.15) is 10.9 Å². The molecule has 0 saturated heterocycles. The van der Waals surface area contributed by atoms with Crippen molar-refractivity contribution in [2.24, 2.45) is 0 Å². The summed E-state index contributed by atoms with van der Waals surface area (Å²) < 4.78 is 15.9. The first-order chi connectivity index (χ1) is 13.0. The van der Waals surface area contributed by atoms with Crippen LogP contribution in [0.25, 0.3) is 10.9 Å². The van der Waals surface area contributed by atoms with Gasteiger partial charge in [-0.25, -0.2) is 4.98 Å². The first kappa shape index (κ1) is 19.3. The summed E-state index contributed by atoms with van der Waals surface area (Å²) in [6, 6.07) is 13.8. The lowest BCUT2D eigenvalue weighted by Gasteiger charge is -2.19. The van der Waals surface area contributed by atoms with E-state index in [0.29, 0.717) is 11.7 Å². The Labute approximate surface area is 164 Å². The third kappa shape index (κ3) is 4.43. The van der Waals surface area contributed by atoms with E-state index in [1.54, 1.807) is 21.3 Å². The van der Waals surface area contributed by atoms with E-state index in [1.807, 2.05) is 43.4 Å². The van der Waals surface area contributed by atoms with Gasteiger partial charge < -0.3 is 14.2 Å². The fraction of sp³-hybridized carbons (Fsp3) is 0.286. The van der Waals surface area contributed by atoms with Crippen LogP contribution in [-0.2, 0) is 13.1 Å². The summed E-state index contributed by atoms with van der Waals surface area (Å²) in [6.45, 7) is 1.43. The van der Waals surface area contributed by atoms with Gasteiger partial charge in [-0.1, -0.05) is 17.7 Å². The smallest absolute Gasteiger partial charge is 0.161 e. The molecule has 1 aromatic heterocycles. The van der Waals surface area contributed by atoms with Gasteiger partial charge >= 0.3 is 0 Å². The van der Waals surface area contributed by atoms with Crippen LogP contribution in [0.2, 0.25) is 5.15 Å². The van der Waals surface area contributed by atoms with Gasteiger partial charge in [-0.05, 0) is 42.9 Å². The average molecular weight is 387 g/mol. The SMILES string of the molecule is COc1ccc2cc(CN(C)Cc3ccc(OC)c(OC)c3)c(Cl)nc2c1. The molecule has 0 amide bonds. The highest BCUT2D eigenvalue weighted by Gasteiger charge is 2.11. The van der Waals surface area contributed by atoms with E-state index in [0.717, 1.165) is 45.8 Å². The maximum atomic E-state index is 6.42. The molecule has 0 atom stereocenters. The standard InChI is InChI=1S/C21H23ClN2O3/c1-24(12-14-5-8-19(26-3)20(9-14)27-4)13-16-10-15-6-7-17(25-2)11-18(15)23-21(16)22/h5-11H,12-13H2,1-4H3. The van der Waals surface area contributed by atoms with Crippen molar-refractivity contribution < 1.29 is 14.2 Å². The van der Waals surface area contributed by atoms with Gasteiger partial charge in [-0.3, -0.25) is 4.90 Å². The Morgan fingerprint density at radius 2 is 1.67 bits per heavy atom. The topological polar surface area (TPSA) is 43.8 Å². The van der Waals surface area contributed by atoms with Crippen LogP contribution in [0.15, 0.2) is 42.5 Å². The Morgan fingerprint density at radius 3 is 2.37 bits per heavy atom. The predicted octanol–water partition coefficient (Wildman–Crippen LogP) is 4.55. The first-order valence-electron chi connectivity index (χ1n) is 8.56. The van der Waals surface area contributed by atoms with Crippen molar-refractivity contribution >= 4 is 22.5 Å². The molecular weight excluding hydrogens is 364 g/mol. The number of methoxy groups -OCH3 is 3. The summed E-state index contributed by atoms with van der Waals surface area (Å²) in [7, 11) is 6.96. The van der Waals surface area contributed by atoms with Crippen molar-refractivity contribution in [2.75, 3.05) is 28.4 Å². The summed E-state index contributed by atoms with van der Waals surface area (Å²) in [6.07, 6.45) is 0. The second kappa shape index (κ2) is 8.46. The van der Waals surface area contributed by atoms with Gasteiger partial charge in [-0.2, -0.15) is 0 Å². The number of nitrogens with zero attached hydrogens (tertiary/aromatic N) is 2. The zero-order valence-corrected chi connectivity index (χ0v) is 16.7. The maximum absolute atomic E-state index is 6.42. The van der Waals surface area contributed by atoms with Crippen molar-refractivity contribution in [1.82, 2.24) is 9.88 Å². The minimum Gasteiger partial charge on any atom is -0.497 e. The summed E-state index contributed by atoms with van der Waals surface area (Å²) >= 11 is 6.42. The van der Waals surface area contributed by atoms with Crippen LogP contribution in [0.5, 0.6) is 17.2 Å². The van der Waals surface area contributed by atoms with Crippen LogP contribution in [0.4, 0.5) is 0 Å². The molecule has 142 valence electrons. The molecular formula is C21H23ClN2O3. The van der Waals surface area contributed by atoms with Crippen LogP contribution in [0.3, 0.4) is 0 Å². The highest BCUT2D eigenvalue weighted by atomic mass is 35.5. The van der Waals surface area contributed by atoms with E-state index in [2.05, 4.69) is 16.0 Å². The Morgan fingerprint density at radius 1 is 0.889 bits per heavy atom. The maximum Gasteiger partial charge on any atom is 0.161 e. The second-order valence-corrected chi connectivity index (χ2v) is 6.72. The minimum absolute atomic E-state index is 0.509. The first-order valence-corrected chi connectivity index (χ1v) is 8.94. The predicted molar refractivity (Wildman–Crippen MR) is 108 cm³/mol. The number of hydrogen-bond donors (Lipinski definition) is 0. The number of benzene rings is 2. The van der Waals surface area contributed by atoms with Gasteiger partial charge in [0.2, 0.25) is 0 Å². The Bertz CT molecular complexity index is 946. The summed E-state index contributed by atoms with van der Waals surface area (Å²) in [5, 5.41) is 1.55. The van der Waals surface area contributed by atoms with Crippen molar-refractivity contribution in [3.63, 3.8) is 0 Å². The molecule has 0 spiro atoms. The normalized spacial score (nSPS) is 11.0. The molecule has 3 aromatic rings. The zero-order chi connectivity index (χ0) is 19.4. The molecule has 0 saturated carbocycles. The highest BCUT2D eigenvalue weighted by molar-refractivity contribution is 6.30. The third-order valence-corrected chi connectivity index (χ3v) is 4.72. The second-order valence-electron chi connectivity index (χ2n) is 6.36. The Balaban J connectivity index is 1.77. The molecule has 0 fully saturated rings. The third-order valence-electron chi connectivity index (χ3n) is 4.39. The molecule has 0 N–H and O–H groups in total. The molecule has 3 rings (SSSR count). The number of pyridine rings is 1. The van der Waals surface area contributed by atoms with Crippen LogP contribution < -0.4 is 14.2 Å². The van der Waals surface area contributed by atoms with Crippen molar-refractivity contribution in [3.8, 4) is 17.2 Å². The quantitative estimate of drug-likeness (QED) is 0.557. The van der Waals surface area contributed by atoms with E-state index in [9.17, 15) is 0 Å². The average Bonchev–Trinajstić information content (AvgIpc) is 2.68. The van der Waals surface area contributed by atoms with E-state index in [-0.39, 0.29) is 0 Å². The van der Waals surface area contributed by atoms with Crippen molar-refractivity contribution in [3.05, 3.63) is 58.7 Å². The fourth-order valence-corrected chi connectivity index (χ4v) is 3.25. The van der Waals surface area contributed by atoms with E-state index < -0.39 is 0 Å². The largest absolute Gasteiger partial charge is 0.497 e. The van der Waals surface area contributed by atoms with Crippen LogP contribution >= 0.6 is 11.6 Å². The molecule has 0 unspecified atom stereocenters. The minimum atomic E-state index is 0.509. The van der Waals surface area contributed by atoms with Gasteiger partial charge in [0.05, 0.1) is 26.8 Å². The lowest BCUT2D eigenvalue weighted by atomic mass is 10.1. The molecule has 5 nitrogen and oxygen atoms in total. The molecule has 27 heavy (non-hydrogen) atoms. The zero-order valence-electron chi connectivity index (χ0n) is 16.0. The number of fused-ring (bicyclic) bond motifs is 1. The van der Waals surface area contributed by atoms with Crippen LogP contribution in [0, 0.1) is 0 Å². The van der Waals surface area contributed by atoms with Crippen LogP contribution in [-0.4, -0.2) is 38.3 Å². The van der Waals surface area contributed by atoms with Gasteiger partial charge in [0.15, 0.2) is 11.5 Å². The summed E-state index contributed by atoms with van der Waals surface area (Å²) in [4.78, 5) is 6.70. The van der Waals surface area contributed by atoms with E-state index in [4.69, 9.17) is 25.8 Å². The lowest BCUT2D eigenvalue weighted by molar-refractivity contribution is 0.316. The highest BCUT2D eigenvalue weighted by Crippen LogP contribution is 2.29.